The fourth-order valence-corrected chi connectivity index (χ4v) is 0.549. The van der Waals surface area contributed by atoms with Crippen LogP contribution in [0, 0.1) is 18.3 Å². The zero-order valence-electron chi connectivity index (χ0n) is 5.50. The number of rotatable bonds is 0. The van der Waals surface area contributed by atoms with Crippen LogP contribution >= 0.6 is 0 Å². The van der Waals surface area contributed by atoms with Gasteiger partial charge in [-0.3, -0.25) is 0 Å². The molecule has 0 aliphatic carbocycles. The molecule has 50 valence electrons. The number of nitrogen functional groups attached to an aromatic ring is 1. The number of nitriles is 1. The lowest BCUT2D eigenvalue weighted by Crippen LogP contribution is -1.97. The summed E-state index contributed by atoms with van der Waals surface area (Å²) in [6, 6.07) is 3.47. The van der Waals surface area contributed by atoms with E-state index < -0.39 is 0 Å². The molecule has 4 nitrogen and oxygen atoms in total. The van der Waals surface area contributed by atoms with Gasteiger partial charge in [-0.05, 0) is 18.6 Å². The van der Waals surface area contributed by atoms with E-state index in [1.807, 2.05) is 6.07 Å². The summed E-state index contributed by atoms with van der Waals surface area (Å²) in [5, 5.41) is 15.4. The third kappa shape index (κ3) is 1.03. The molecule has 1 aromatic heterocycles. The molecule has 0 aliphatic heterocycles. The summed E-state index contributed by atoms with van der Waals surface area (Å²) in [5.74, 6) is 0.374. The number of anilines is 1. The van der Waals surface area contributed by atoms with Gasteiger partial charge in [0.2, 0.25) is 0 Å². The van der Waals surface area contributed by atoms with Gasteiger partial charge in [0.1, 0.15) is 11.9 Å². The van der Waals surface area contributed by atoms with Crippen LogP contribution in [-0.2, 0) is 0 Å². The molecule has 2 N–H and O–H groups in total. The van der Waals surface area contributed by atoms with Crippen molar-refractivity contribution in [3.8, 4) is 6.07 Å². The van der Waals surface area contributed by atoms with E-state index in [0.29, 0.717) is 11.5 Å². The molecule has 0 saturated heterocycles. The molecule has 1 rings (SSSR count). The molecule has 0 unspecified atom stereocenters. The highest BCUT2D eigenvalue weighted by Gasteiger charge is 1.96. The molecule has 1 aromatic rings. The van der Waals surface area contributed by atoms with Gasteiger partial charge in [-0.15, -0.1) is 10.2 Å². The van der Waals surface area contributed by atoms with Crippen molar-refractivity contribution in [2.75, 3.05) is 5.73 Å². The molecule has 0 radical (unpaired) electrons. The van der Waals surface area contributed by atoms with Crippen molar-refractivity contribution in [1.82, 2.24) is 10.2 Å². The quantitative estimate of drug-likeness (QED) is 0.551. The molecule has 0 saturated carbocycles. The first kappa shape index (κ1) is 6.49. The Hall–Kier alpha value is -1.63. The largest absolute Gasteiger partial charge is 0.382 e. The van der Waals surface area contributed by atoms with Crippen LogP contribution in [0.1, 0.15) is 11.3 Å². The van der Waals surface area contributed by atoms with Gasteiger partial charge in [0, 0.05) is 0 Å². The Bertz CT molecular complexity index is 286. The minimum Gasteiger partial charge on any atom is -0.382 e. The van der Waals surface area contributed by atoms with E-state index >= 15 is 0 Å². The number of aryl methyl sites for hydroxylation is 1. The molecule has 0 atom stereocenters. The zero-order valence-corrected chi connectivity index (χ0v) is 5.50. The Labute approximate surface area is 58.3 Å². The van der Waals surface area contributed by atoms with Gasteiger partial charge in [0.25, 0.3) is 0 Å². The first-order valence-corrected chi connectivity index (χ1v) is 2.74. The summed E-state index contributed by atoms with van der Waals surface area (Å²) >= 11 is 0. The van der Waals surface area contributed by atoms with Crippen LogP contribution in [0.2, 0.25) is 0 Å². The SMILES string of the molecule is Cc1cc(C#N)nnc1N. The van der Waals surface area contributed by atoms with Gasteiger partial charge in [0.05, 0.1) is 0 Å². The Morgan fingerprint density at radius 2 is 2.30 bits per heavy atom. The number of aromatic nitrogens is 2. The van der Waals surface area contributed by atoms with Crippen LogP contribution < -0.4 is 5.73 Å². The van der Waals surface area contributed by atoms with Gasteiger partial charge < -0.3 is 5.73 Å². The van der Waals surface area contributed by atoms with Gasteiger partial charge in [0.15, 0.2) is 5.69 Å². The second-order valence-electron chi connectivity index (χ2n) is 1.91. The van der Waals surface area contributed by atoms with Crippen LogP contribution in [0.5, 0.6) is 0 Å². The van der Waals surface area contributed by atoms with Gasteiger partial charge in [-0.25, -0.2) is 0 Å². The molecule has 1 heterocycles. The summed E-state index contributed by atoms with van der Waals surface area (Å²) < 4.78 is 0. The van der Waals surface area contributed by atoms with E-state index in [1.165, 1.54) is 0 Å². The number of nitrogens with two attached hydrogens (primary N) is 1. The van der Waals surface area contributed by atoms with Crippen molar-refractivity contribution in [2.45, 2.75) is 6.92 Å². The standard InChI is InChI=1S/C6H6N4/c1-4-2-5(3-7)9-10-6(4)8/h2H,1H3,(H2,8,10). The van der Waals surface area contributed by atoms with E-state index in [4.69, 9.17) is 11.0 Å². The van der Waals surface area contributed by atoms with Crippen molar-refractivity contribution in [3.63, 3.8) is 0 Å². The fourth-order valence-electron chi connectivity index (χ4n) is 0.549. The highest BCUT2D eigenvalue weighted by Crippen LogP contribution is 2.04. The number of nitrogens with zero attached hydrogens (tertiary/aromatic N) is 3. The maximum Gasteiger partial charge on any atom is 0.163 e. The van der Waals surface area contributed by atoms with Crippen molar-refractivity contribution in [3.05, 3.63) is 17.3 Å². The summed E-state index contributed by atoms with van der Waals surface area (Å²) in [6.07, 6.45) is 0. The lowest BCUT2D eigenvalue weighted by molar-refractivity contribution is 1.01. The van der Waals surface area contributed by atoms with Crippen LogP contribution in [-0.4, -0.2) is 10.2 Å². The Balaban J connectivity index is 3.20. The molecule has 4 heteroatoms. The molecular weight excluding hydrogens is 128 g/mol. The fraction of sp³-hybridized carbons (Fsp3) is 0.167. The van der Waals surface area contributed by atoms with E-state index in [9.17, 15) is 0 Å². The van der Waals surface area contributed by atoms with Crippen molar-refractivity contribution >= 4 is 5.82 Å². The van der Waals surface area contributed by atoms with Crippen LogP contribution in [0.4, 0.5) is 5.82 Å². The molecule has 0 aromatic carbocycles. The lowest BCUT2D eigenvalue weighted by Gasteiger charge is -1.94. The summed E-state index contributed by atoms with van der Waals surface area (Å²) in [6.45, 7) is 1.78. The number of hydrogen-bond donors (Lipinski definition) is 1. The Kier molecular flexibility index (Phi) is 1.50. The summed E-state index contributed by atoms with van der Waals surface area (Å²) in [4.78, 5) is 0. The van der Waals surface area contributed by atoms with Crippen LogP contribution in [0.15, 0.2) is 6.07 Å². The maximum atomic E-state index is 8.36. The number of hydrogen-bond acceptors (Lipinski definition) is 4. The van der Waals surface area contributed by atoms with Gasteiger partial charge in [-0.1, -0.05) is 0 Å². The lowest BCUT2D eigenvalue weighted by atomic mass is 10.3. The van der Waals surface area contributed by atoms with E-state index in [2.05, 4.69) is 10.2 Å². The first-order chi connectivity index (χ1) is 4.74. The summed E-state index contributed by atoms with van der Waals surface area (Å²) in [5.41, 5.74) is 6.44. The molecule has 0 spiro atoms. The first-order valence-electron chi connectivity index (χ1n) is 2.74. The topological polar surface area (TPSA) is 75.6 Å². The third-order valence-corrected chi connectivity index (χ3v) is 1.14. The predicted molar refractivity (Wildman–Crippen MR) is 35.9 cm³/mol. The van der Waals surface area contributed by atoms with E-state index in [1.54, 1.807) is 13.0 Å². The van der Waals surface area contributed by atoms with Crippen molar-refractivity contribution in [2.24, 2.45) is 0 Å². The van der Waals surface area contributed by atoms with E-state index in [-0.39, 0.29) is 0 Å². The smallest absolute Gasteiger partial charge is 0.163 e. The predicted octanol–water partition coefficient (Wildman–Crippen LogP) is 0.239. The normalized spacial score (nSPS) is 8.80. The minimum absolute atomic E-state index is 0.298. The minimum atomic E-state index is 0.298. The van der Waals surface area contributed by atoms with Crippen LogP contribution in [0.3, 0.4) is 0 Å². The second-order valence-corrected chi connectivity index (χ2v) is 1.91. The summed E-state index contributed by atoms with van der Waals surface area (Å²) in [7, 11) is 0. The average Bonchev–Trinajstić information content (AvgIpc) is 1.95. The third-order valence-electron chi connectivity index (χ3n) is 1.14. The molecule has 0 amide bonds. The maximum absolute atomic E-state index is 8.36. The van der Waals surface area contributed by atoms with E-state index in [0.717, 1.165) is 5.56 Å². The molecular formula is C6H6N4. The van der Waals surface area contributed by atoms with Gasteiger partial charge in [-0.2, -0.15) is 5.26 Å². The molecule has 0 bridgehead atoms. The average molecular weight is 134 g/mol. The Morgan fingerprint density at radius 3 is 2.80 bits per heavy atom. The molecule has 0 fully saturated rings. The molecule has 0 aliphatic rings. The van der Waals surface area contributed by atoms with Crippen molar-refractivity contribution < 1.29 is 0 Å². The molecule has 10 heavy (non-hydrogen) atoms. The Morgan fingerprint density at radius 1 is 1.60 bits per heavy atom. The van der Waals surface area contributed by atoms with Crippen LogP contribution in [0.25, 0.3) is 0 Å². The monoisotopic (exact) mass is 134 g/mol. The zero-order chi connectivity index (χ0) is 7.56. The van der Waals surface area contributed by atoms with Crippen molar-refractivity contribution in [1.29, 1.82) is 5.26 Å². The second kappa shape index (κ2) is 2.31. The highest BCUT2D eigenvalue weighted by molar-refractivity contribution is 5.39. The highest BCUT2D eigenvalue weighted by atomic mass is 15.1. The van der Waals surface area contributed by atoms with Gasteiger partial charge >= 0.3 is 0 Å².